The second-order valence-corrected chi connectivity index (χ2v) is 8.51. The van der Waals surface area contributed by atoms with Crippen molar-refractivity contribution in [3.05, 3.63) is 64.0 Å². The molecule has 0 aliphatic carbocycles. The fourth-order valence-electron chi connectivity index (χ4n) is 3.15. The van der Waals surface area contributed by atoms with Crippen LogP contribution in [0.25, 0.3) is 11.0 Å². The van der Waals surface area contributed by atoms with E-state index in [2.05, 4.69) is 5.32 Å². The van der Waals surface area contributed by atoms with E-state index in [4.69, 9.17) is 4.42 Å². The lowest BCUT2D eigenvalue weighted by molar-refractivity contribution is 0.0997. The van der Waals surface area contributed by atoms with Gasteiger partial charge in [-0.05, 0) is 36.8 Å². The van der Waals surface area contributed by atoms with Crippen molar-refractivity contribution >= 4 is 44.1 Å². The van der Waals surface area contributed by atoms with E-state index in [0.717, 1.165) is 10.4 Å². The van der Waals surface area contributed by atoms with Crippen molar-refractivity contribution in [1.82, 2.24) is 0 Å². The molecule has 0 saturated carbocycles. The van der Waals surface area contributed by atoms with Crippen LogP contribution < -0.4 is 19.4 Å². The van der Waals surface area contributed by atoms with E-state index in [1.165, 1.54) is 18.4 Å². The molecule has 3 aromatic rings. The van der Waals surface area contributed by atoms with Gasteiger partial charge >= 0.3 is 10.2 Å². The van der Waals surface area contributed by atoms with Crippen LogP contribution in [0.1, 0.15) is 16.1 Å². The Bertz CT molecular complexity index is 1300. The molecule has 1 aliphatic heterocycles. The molecular weight excluding hydrogens is 382 g/mol. The van der Waals surface area contributed by atoms with Crippen LogP contribution in [-0.4, -0.2) is 28.4 Å². The van der Waals surface area contributed by atoms with Crippen molar-refractivity contribution < 1.29 is 17.6 Å². The lowest BCUT2D eigenvalue weighted by Gasteiger charge is -2.13. The van der Waals surface area contributed by atoms with Crippen molar-refractivity contribution in [2.75, 3.05) is 28.0 Å². The fraction of sp³-hybridized carbons (Fsp3) is 0.158. The van der Waals surface area contributed by atoms with Crippen LogP contribution >= 0.6 is 0 Å². The molecule has 2 heterocycles. The quantitative estimate of drug-likeness (QED) is 0.714. The standard InChI is InChI=1S/C19H17N3O5S/c1-11-8-14-15(22(3)28(25,26)21(14)2)9-13(11)20-19(24)18-10-16(23)12-6-4-5-7-17(12)27-18/h4-10H,1-3H3,(H,20,24). The minimum absolute atomic E-state index is 0.123. The highest BCUT2D eigenvalue weighted by atomic mass is 32.2. The number of rotatable bonds is 2. The molecule has 1 aromatic heterocycles. The van der Waals surface area contributed by atoms with Gasteiger partial charge in [0.2, 0.25) is 0 Å². The summed E-state index contributed by atoms with van der Waals surface area (Å²) in [5.41, 5.74) is 2.08. The number of benzene rings is 2. The van der Waals surface area contributed by atoms with E-state index >= 15 is 0 Å². The lowest BCUT2D eigenvalue weighted by Crippen LogP contribution is -2.32. The number of hydrogen-bond acceptors (Lipinski definition) is 5. The van der Waals surface area contributed by atoms with Gasteiger partial charge in [-0.2, -0.15) is 8.42 Å². The molecule has 0 spiro atoms. The first-order chi connectivity index (χ1) is 13.2. The Morgan fingerprint density at radius 3 is 2.39 bits per heavy atom. The summed E-state index contributed by atoms with van der Waals surface area (Å²) < 4.78 is 32.5. The zero-order chi connectivity index (χ0) is 20.2. The van der Waals surface area contributed by atoms with E-state index in [9.17, 15) is 18.0 Å². The summed E-state index contributed by atoms with van der Waals surface area (Å²) in [5, 5.41) is 3.09. The van der Waals surface area contributed by atoms with Gasteiger partial charge in [0.25, 0.3) is 5.91 Å². The van der Waals surface area contributed by atoms with E-state index in [1.807, 2.05) is 0 Å². The Balaban J connectivity index is 1.72. The minimum atomic E-state index is -3.61. The third kappa shape index (κ3) is 2.63. The van der Waals surface area contributed by atoms with E-state index in [0.29, 0.717) is 33.6 Å². The number of aryl methyl sites for hydroxylation is 1. The SMILES string of the molecule is Cc1cc2c(cc1NC(=O)c1cc(=O)c3ccccc3o1)N(C)S(=O)(=O)N2C. The van der Waals surface area contributed by atoms with Gasteiger partial charge < -0.3 is 9.73 Å². The second-order valence-electron chi connectivity index (χ2n) is 6.52. The molecule has 1 aliphatic rings. The number of nitrogens with zero attached hydrogens (tertiary/aromatic N) is 2. The van der Waals surface area contributed by atoms with Gasteiger partial charge in [-0.3, -0.25) is 18.2 Å². The van der Waals surface area contributed by atoms with Crippen LogP contribution in [0.3, 0.4) is 0 Å². The molecule has 9 heteroatoms. The summed E-state index contributed by atoms with van der Waals surface area (Å²) in [7, 11) is -0.696. The van der Waals surface area contributed by atoms with Crippen LogP contribution in [0.15, 0.2) is 51.7 Å². The Morgan fingerprint density at radius 1 is 1.04 bits per heavy atom. The Hall–Kier alpha value is -3.33. The monoisotopic (exact) mass is 399 g/mol. The molecule has 8 nitrogen and oxygen atoms in total. The van der Waals surface area contributed by atoms with Crippen molar-refractivity contribution in [2.45, 2.75) is 6.92 Å². The van der Waals surface area contributed by atoms with Crippen molar-refractivity contribution in [3.8, 4) is 0 Å². The first-order valence-corrected chi connectivity index (χ1v) is 9.81. The largest absolute Gasteiger partial charge is 0.451 e. The number of carbonyl (C=O) groups excluding carboxylic acids is 1. The summed E-state index contributed by atoms with van der Waals surface area (Å²) in [4.78, 5) is 24.9. The number of anilines is 3. The maximum Gasteiger partial charge on any atom is 0.326 e. The van der Waals surface area contributed by atoms with E-state index in [-0.39, 0.29) is 11.2 Å². The van der Waals surface area contributed by atoms with Gasteiger partial charge in [-0.1, -0.05) is 12.1 Å². The average Bonchev–Trinajstić information content (AvgIpc) is 2.82. The molecule has 1 N–H and O–H groups in total. The lowest BCUT2D eigenvalue weighted by atomic mass is 10.1. The Labute approximate surface area is 161 Å². The second kappa shape index (κ2) is 6.10. The number of para-hydroxylation sites is 1. The molecule has 1 amide bonds. The number of fused-ring (bicyclic) bond motifs is 2. The van der Waals surface area contributed by atoms with E-state index < -0.39 is 16.1 Å². The van der Waals surface area contributed by atoms with Gasteiger partial charge in [0.1, 0.15) is 5.58 Å². The Kier molecular flexibility index (Phi) is 3.93. The predicted octanol–water partition coefficient (Wildman–Crippen LogP) is 2.48. The summed E-state index contributed by atoms with van der Waals surface area (Å²) in [6, 6.07) is 11.1. The molecule has 144 valence electrons. The van der Waals surface area contributed by atoms with Crippen LogP contribution in [-0.2, 0) is 10.2 Å². The molecule has 0 radical (unpaired) electrons. The van der Waals surface area contributed by atoms with E-state index in [1.54, 1.807) is 43.3 Å². The third-order valence-corrected chi connectivity index (χ3v) is 6.58. The molecule has 0 unspecified atom stereocenters. The molecule has 0 fully saturated rings. The van der Waals surface area contributed by atoms with Crippen LogP contribution in [0, 0.1) is 6.92 Å². The zero-order valence-corrected chi connectivity index (χ0v) is 16.2. The van der Waals surface area contributed by atoms with Gasteiger partial charge in [0.15, 0.2) is 11.2 Å². The third-order valence-electron chi connectivity index (χ3n) is 4.80. The molecular formula is C19H17N3O5S. The summed E-state index contributed by atoms with van der Waals surface area (Å²) >= 11 is 0. The number of amides is 1. The van der Waals surface area contributed by atoms with Crippen LogP contribution in [0.2, 0.25) is 0 Å². The maximum absolute atomic E-state index is 12.6. The highest BCUT2D eigenvalue weighted by Gasteiger charge is 2.36. The smallest absolute Gasteiger partial charge is 0.326 e. The Morgan fingerprint density at radius 2 is 1.68 bits per heavy atom. The van der Waals surface area contributed by atoms with Gasteiger partial charge in [0.05, 0.1) is 16.8 Å². The van der Waals surface area contributed by atoms with Crippen molar-refractivity contribution in [2.24, 2.45) is 0 Å². The maximum atomic E-state index is 12.6. The molecule has 0 bridgehead atoms. The molecule has 0 saturated heterocycles. The minimum Gasteiger partial charge on any atom is -0.451 e. The highest BCUT2D eigenvalue weighted by Crippen LogP contribution is 2.42. The first kappa shape index (κ1) is 18.1. The fourth-order valence-corrected chi connectivity index (χ4v) is 4.31. The zero-order valence-electron chi connectivity index (χ0n) is 15.4. The predicted molar refractivity (Wildman–Crippen MR) is 107 cm³/mol. The number of hydrogen-bond donors (Lipinski definition) is 1. The topological polar surface area (TPSA) is 99.9 Å². The summed E-state index contributed by atoms with van der Waals surface area (Å²) in [5.74, 6) is -0.718. The number of carbonyl (C=O) groups is 1. The average molecular weight is 399 g/mol. The summed E-state index contributed by atoms with van der Waals surface area (Å²) in [6.45, 7) is 1.76. The van der Waals surface area contributed by atoms with Gasteiger partial charge in [-0.15, -0.1) is 0 Å². The summed E-state index contributed by atoms with van der Waals surface area (Å²) in [6.07, 6.45) is 0. The normalized spacial score (nSPS) is 15.0. The van der Waals surface area contributed by atoms with Crippen LogP contribution in [0.5, 0.6) is 0 Å². The molecule has 4 rings (SSSR count). The highest BCUT2D eigenvalue weighted by molar-refractivity contribution is 7.94. The molecule has 0 atom stereocenters. The van der Waals surface area contributed by atoms with Crippen molar-refractivity contribution in [1.29, 1.82) is 0 Å². The van der Waals surface area contributed by atoms with Crippen molar-refractivity contribution in [3.63, 3.8) is 0 Å². The molecule has 28 heavy (non-hydrogen) atoms. The van der Waals surface area contributed by atoms with Crippen LogP contribution in [0.4, 0.5) is 17.1 Å². The molecule has 2 aromatic carbocycles. The van der Waals surface area contributed by atoms with Gasteiger partial charge in [-0.25, -0.2) is 0 Å². The number of nitrogens with one attached hydrogen (secondary N) is 1. The van der Waals surface area contributed by atoms with Gasteiger partial charge in [0, 0.05) is 25.8 Å². The first-order valence-electron chi connectivity index (χ1n) is 8.42.